The van der Waals surface area contributed by atoms with Crippen LogP contribution in [0.5, 0.6) is 11.5 Å². The van der Waals surface area contributed by atoms with Crippen molar-refractivity contribution in [3.63, 3.8) is 0 Å². The van der Waals surface area contributed by atoms with Crippen molar-refractivity contribution >= 4 is 47.3 Å². The lowest BCUT2D eigenvalue weighted by molar-refractivity contribution is -0.142. The highest BCUT2D eigenvalue weighted by Crippen LogP contribution is 2.38. The molecule has 19 nitrogen and oxygen atoms in total. The molecule has 0 saturated carbocycles. The van der Waals surface area contributed by atoms with Gasteiger partial charge >= 0.3 is 5.97 Å². The molecule has 370 valence electrons. The second-order valence-electron chi connectivity index (χ2n) is 17.3. The van der Waals surface area contributed by atoms with E-state index >= 15 is 0 Å². The highest BCUT2D eigenvalue weighted by molar-refractivity contribution is 5.97. The minimum atomic E-state index is -1.50. The van der Waals surface area contributed by atoms with Gasteiger partial charge in [0.15, 0.2) is 0 Å². The number of phenolic OH excluding ortho intramolecular Hbond substituents is 2. The van der Waals surface area contributed by atoms with Crippen LogP contribution in [0.15, 0.2) is 36.4 Å². The lowest BCUT2D eigenvalue weighted by Gasteiger charge is -2.30. The maximum absolute atomic E-state index is 14.0. The van der Waals surface area contributed by atoms with Crippen LogP contribution in [0.4, 0.5) is 0 Å². The van der Waals surface area contributed by atoms with Crippen LogP contribution < -0.4 is 26.6 Å². The zero-order chi connectivity index (χ0) is 49.6. The van der Waals surface area contributed by atoms with E-state index in [0.717, 1.165) is 29.1 Å². The molecule has 1 heterocycles. The molecule has 1 aliphatic rings. The summed E-state index contributed by atoms with van der Waals surface area (Å²) in [7, 11) is 2.68. The molecular weight excluding hydrogens is 867 g/mol. The van der Waals surface area contributed by atoms with Crippen molar-refractivity contribution in [1.29, 1.82) is 0 Å². The van der Waals surface area contributed by atoms with E-state index in [9.17, 15) is 53.7 Å². The van der Waals surface area contributed by atoms with Crippen molar-refractivity contribution in [3.05, 3.63) is 47.5 Å². The van der Waals surface area contributed by atoms with Crippen LogP contribution in [0.3, 0.4) is 0 Å². The summed E-state index contributed by atoms with van der Waals surface area (Å²) >= 11 is 0. The molecule has 0 aromatic heterocycles. The lowest BCUT2D eigenvalue weighted by atomic mass is 9.93. The number of amides is 7. The first-order valence-corrected chi connectivity index (χ1v) is 23.4. The zero-order valence-corrected chi connectivity index (χ0v) is 39.5. The Bertz CT molecular complexity index is 2030. The molecule has 2 aromatic carbocycles. The summed E-state index contributed by atoms with van der Waals surface area (Å²) in [4.78, 5) is 107. The first kappa shape index (κ1) is 55.1. The van der Waals surface area contributed by atoms with Crippen LogP contribution in [0.2, 0.25) is 0 Å². The zero-order valence-electron chi connectivity index (χ0n) is 39.5. The van der Waals surface area contributed by atoms with Crippen LogP contribution in [0, 0.1) is 0 Å². The minimum Gasteiger partial charge on any atom is -0.507 e. The topological polar surface area (TPSA) is 284 Å². The number of nitrogens with one attached hydrogen (secondary N) is 5. The molecule has 3 rings (SSSR count). The number of nitrogens with zero attached hydrogens (tertiary/aromatic N) is 2. The van der Waals surface area contributed by atoms with Crippen LogP contribution in [0.1, 0.15) is 128 Å². The number of carboxylic acid groups (broad SMARTS) is 1. The maximum atomic E-state index is 14.0. The molecule has 0 saturated heterocycles. The lowest BCUT2D eigenvalue weighted by Crippen LogP contribution is -2.56. The fourth-order valence-electron chi connectivity index (χ4n) is 7.79. The number of likely N-dealkylation sites (N-methyl/N-ethyl adjacent to an activating group) is 2. The Morgan fingerprint density at radius 2 is 1.30 bits per heavy atom. The van der Waals surface area contributed by atoms with Gasteiger partial charge in [-0.15, -0.1) is 0 Å². The van der Waals surface area contributed by atoms with Gasteiger partial charge in [0.05, 0.1) is 13.2 Å². The van der Waals surface area contributed by atoms with Gasteiger partial charge < -0.3 is 56.8 Å². The van der Waals surface area contributed by atoms with E-state index in [-0.39, 0.29) is 46.9 Å². The molecule has 7 amide bonds. The number of hydrogen-bond donors (Lipinski definition) is 9. The van der Waals surface area contributed by atoms with E-state index in [1.54, 1.807) is 0 Å². The largest absolute Gasteiger partial charge is 0.507 e. The number of benzene rings is 2. The van der Waals surface area contributed by atoms with Gasteiger partial charge in [0, 0.05) is 38.1 Å². The summed E-state index contributed by atoms with van der Waals surface area (Å²) < 4.78 is 0. The number of aliphatic hydroxyl groups is 1. The molecule has 0 radical (unpaired) electrons. The number of hydrogen-bond acceptors (Lipinski definition) is 11. The van der Waals surface area contributed by atoms with Crippen molar-refractivity contribution in [3.8, 4) is 22.6 Å². The van der Waals surface area contributed by atoms with Crippen LogP contribution in [-0.2, 0) is 44.8 Å². The Kier molecular flexibility index (Phi) is 23.1. The molecule has 0 fully saturated rings. The molecule has 0 aliphatic carbocycles. The minimum absolute atomic E-state index is 0.0440. The Morgan fingerprint density at radius 3 is 1.88 bits per heavy atom. The first-order chi connectivity index (χ1) is 31.9. The third kappa shape index (κ3) is 17.5. The number of carboxylic acids is 1. The van der Waals surface area contributed by atoms with Gasteiger partial charge in [-0.25, -0.2) is 0 Å². The third-order valence-corrected chi connectivity index (χ3v) is 12.0. The summed E-state index contributed by atoms with van der Waals surface area (Å²) in [5, 5.41) is 53.1. The predicted molar refractivity (Wildman–Crippen MR) is 249 cm³/mol. The second-order valence-corrected chi connectivity index (χ2v) is 17.3. The number of rotatable bonds is 25. The number of unbranched alkanes of at least 4 members (excludes halogenated alkanes) is 12. The Morgan fingerprint density at radius 1 is 0.731 bits per heavy atom. The quantitative estimate of drug-likeness (QED) is 0.0650. The normalized spacial score (nSPS) is 16.8. The summed E-state index contributed by atoms with van der Waals surface area (Å²) in [5.74, 6) is -7.18. The number of fused-ring (bicyclic) bond motifs is 5. The molecule has 1 aliphatic heterocycles. The molecule has 19 heteroatoms. The predicted octanol–water partition coefficient (Wildman–Crippen LogP) is 2.93. The summed E-state index contributed by atoms with van der Waals surface area (Å²) in [5.41, 5.74) is 0.655. The van der Waals surface area contributed by atoms with Gasteiger partial charge in [0.2, 0.25) is 41.4 Å². The number of aliphatic carboxylic acids is 1. The summed E-state index contributed by atoms with van der Waals surface area (Å²) in [6.07, 6.45) is 15.1. The van der Waals surface area contributed by atoms with E-state index in [1.165, 1.54) is 122 Å². The van der Waals surface area contributed by atoms with Gasteiger partial charge in [-0.05, 0) is 55.7 Å². The average Bonchev–Trinajstić information content (AvgIpc) is 3.29. The van der Waals surface area contributed by atoms with Gasteiger partial charge in [0.1, 0.15) is 48.3 Å². The Labute approximate surface area is 392 Å². The molecule has 4 bridgehead atoms. The molecule has 9 N–H and O–H groups in total. The van der Waals surface area contributed by atoms with Gasteiger partial charge in [-0.2, -0.15) is 0 Å². The number of carbonyl (C=O) groups is 8. The molecule has 5 atom stereocenters. The van der Waals surface area contributed by atoms with E-state index in [4.69, 9.17) is 5.11 Å². The SMILES string of the molecule is CCCCCCCCCCCCCCCC(=O)N(C)[C@H](CO)C(=O)N[C@H](C)C(=O)NCC(=O)N(C)[C@@H]1C(=O)N[C@@H](C)C(=O)N[C@H](C(=O)NCC(=O)O)Cc2ccc(O)c(c2)-c2cc1ccc2O. The van der Waals surface area contributed by atoms with Crippen molar-refractivity contribution < 1.29 is 58.8 Å². The van der Waals surface area contributed by atoms with Crippen molar-refractivity contribution in [2.45, 2.75) is 147 Å². The standard InChI is InChI=1S/C48H71N7O12/c1-6-7-8-9-10-11-12-13-14-15-16-17-18-19-40(59)54(4)37(29-56)47(66)51-30(2)44(63)49-27-41(60)55(5)43-33-21-23-39(58)35(26-33)34-24-32(20-22-38(34)57)25-36(46(65)50-28-42(61)62)53-45(64)31(3)52-48(43)67/h20-24,26,30-31,36-37,43,56-58H,6-19,25,27-29H2,1-5H3,(H,49,63)(H,50,65)(H,51,66)(H,52,67)(H,53,64)(H,61,62)/t30-,31+,36+,37-,43+/m1/s1. The monoisotopic (exact) mass is 938 g/mol. The number of carbonyl (C=O) groups excluding carboxylic acids is 7. The number of aliphatic hydroxyl groups excluding tert-OH is 1. The fourth-order valence-corrected chi connectivity index (χ4v) is 7.79. The van der Waals surface area contributed by atoms with E-state index in [1.807, 2.05) is 0 Å². The number of aromatic hydroxyl groups is 2. The van der Waals surface area contributed by atoms with Gasteiger partial charge in [0.25, 0.3) is 0 Å². The first-order valence-electron chi connectivity index (χ1n) is 23.4. The van der Waals surface area contributed by atoms with Crippen molar-refractivity contribution in [1.82, 2.24) is 36.4 Å². The molecule has 0 unspecified atom stereocenters. The van der Waals surface area contributed by atoms with Crippen molar-refractivity contribution in [2.24, 2.45) is 0 Å². The van der Waals surface area contributed by atoms with Crippen LogP contribution >= 0.6 is 0 Å². The molecular formula is C48H71N7O12. The molecule has 67 heavy (non-hydrogen) atoms. The Hall–Kier alpha value is -6.24. The van der Waals surface area contributed by atoms with Crippen LogP contribution in [0.25, 0.3) is 11.1 Å². The highest BCUT2D eigenvalue weighted by Gasteiger charge is 2.34. The highest BCUT2D eigenvalue weighted by atomic mass is 16.4. The second kappa shape index (κ2) is 28.1. The number of phenols is 2. The molecule has 0 spiro atoms. The van der Waals surface area contributed by atoms with Gasteiger partial charge in [-0.1, -0.05) is 96.1 Å². The maximum Gasteiger partial charge on any atom is 0.322 e. The summed E-state index contributed by atoms with van der Waals surface area (Å²) in [6.45, 7) is 2.80. The Balaban J connectivity index is 1.64. The van der Waals surface area contributed by atoms with E-state index < -0.39 is 91.3 Å². The van der Waals surface area contributed by atoms with Crippen LogP contribution in [-0.4, -0.2) is 136 Å². The third-order valence-electron chi connectivity index (χ3n) is 12.0. The van der Waals surface area contributed by atoms with Crippen molar-refractivity contribution in [2.75, 3.05) is 33.8 Å². The smallest absolute Gasteiger partial charge is 0.322 e. The summed E-state index contributed by atoms with van der Waals surface area (Å²) in [6, 6.07) is 1.57. The molecule has 2 aromatic rings. The van der Waals surface area contributed by atoms with E-state index in [0.29, 0.717) is 12.0 Å². The average molecular weight is 938 g/mol. The fraction of sp³-hybridized carbons (Fsp3) is 0.583. The van der Waals surface area contributed by atoms with Gasteiger partial charge in [-0.3, -0.25) is 38.4 Å². The van der Waals surface area contributed by atoms with E-state index in [2.05, 4.69) is 33.5 Å².